The van der Waals surface area contributed by atoms with Crippen molar-refractivity contribution in [1.82, 2.24) is 0 Å². The first-order valence-electron chi connectivity index (χ1n) is 5.20. The lowest BCUT2D eigenvalue weighted by molar-refractivity contribution is 0.306. The summed E-state index contributed by atoms with van der Waals surface area (Å²) >= 11 is 0. The molecule has 0 spiro atoms. The Morgan fingerprint density at radius 1 is 1.36 bits per heavy atom. The highest BCUT2D eigenvalue weighted by atomic mass is 16.5. The third-order valence-corrected chi connectivity index (χ3v) is 2.19. The molecule has 0 saturated heterocycles. The third-order valence-electron chi connectivity index (χ3n) is 2.19. The number of benzene rings is 1. The van der Waals surface area contributed by atoms with Crippen LogP contribution in [0, 0.1) is 6.92 Å². The Morgan fingerprint density at radius 3 is 2.79 bits per heavy atom. The van der Waals surface area contributed by atoms with Crippen molar-refractivity contribution in [3.05, 3.63) is 29.3 Å². The number of nitrogens with two attached hydrogens (primary N) is 1. The quantitative estimate of drug-likeness (QED) is 0.730. The lowest BCUT2D eigenvalue weighted by Crippen LogP contribution is -2.03. The highest BCUT2D eigenvalue weighted by Gasteiger charge is 2.01. The number of rotatable bonds is 5. The van der Waals surface area contributed by atoms with E-state index in [1.165, 1.54) is 5.56 Å². The van der Waals surface area contributed by atoms with Gasteiger partial charge in [0.05, 0.1) is 6.61 Å². The lowest BCUT2D eigenvalue weighted by atomic mass is 10.1. The molecule has 1 aromatic carbocycles. The van der Waals surface area contributed by atoms with E-state index in [0.717, 1.165) is 30.8 Å². The zero-order chi connectivity index (χ0) is 10.4. The molecule has 0 fully saturated rings. The summed E-state index contributed by atoms with van der Waals surface area (Å²) < 4.78 is 5.64. The Balaban J connectivity index is 2.65. The maximum absolute atomic E-state index is 5.64. The first kappa shape index (κ1) is 11.1. The molecular weight excluding hydrogens is 174 g/mol. The number of aryl methyl sites for hydroxylation is 1. The monoisotopic (exact) mass is 193 g/mol. The van der Waals surface area contributed by atoms with E-state index in [-0.39, 0.29) is 0 Å². The van der Waals surface area contributed by atoms with E-state index in [2.05, 4.69) is 26.0 Å². The number of unbranched alkanes of at least 4 members (excludes halogenated alkanes) is 1. The van der Waals surface area contributed by atoms with E-state index in [0.29, 0.717) is 6.54 Å². The maximum Gasteiger partial charge on any atom is 0.123 e. The Labute approximate surface area is 86.1 Å². The summed E-state index contributed by atoms with van der Waals surface area (Å²) in [6, 6.07) is 6.15. The van der Waals surface area contributed by atoms with Crippen LogP contribution < -0.4 is 10.5 Å². The van der Waals surface area contributed by atoms with Gasteiger partial charge in [0.2, 0.25) is 0 Å². The molecule has 1 aromatic rings. The van der Waals surface area contributed by atoms with Gasteiger partial charge in [-0.15, -0.1) is 0 Å². The van der Waals surface area contributed by atoms with E-state index in [1.54, 1.807) is 0 Å². The van der Waals surface area contributed by atoms with Gasteiger partial charge in [-0.1, -0.05) is 31.0 Å². The highest BCUT2D eigenvalue weighted by Crippen LogP contribution is 2.19. The van der Waals surface area contributed by atoms with Crippen molar-refractivity contribution in [2.75, 3.05) is 6.61 Å². The average molecular weight is 193 g/mol. The lowest BCUT2D eigenvalue weighted by Gasteiger charge is -2.10. The van der Waals surface area contributed by atoms with Crippen LogP contribution in [0.5, 0.6) is 5.75 Å². The van der Waals surface area contributed by atoms with Gasteiger partial charge in [-0.3, -0.25) is 0 Å². The molecule has 78 valence electrons. The molecule has 0 bridgehead atoms. The van der Waals surface area contributed by atoms with Gasteiger partial charge in [0.25, 0.3) is 0 Å². The standard InChI is InChI=1S/C12H19NO/c1-3-4-7-14-12-6-5-10(2)8-11(12)9-13/h5-6,8H,3-4,7,9,13H2,1-2H3. The highest BCUT2D eigenvalue weighted by molar-refractivity contribution is 5.36. The summed E-state index contributed by atoms with van der Waals surface area (Å²) in [6.45, 7) is 5.55. The molecule has 0 aliphatic rings. The van der Waals surface area contributed by atoms with Crippen LogP contribution in [0.2, 0.25) is 0 Å². The molecule has 0 saturated carbocycles. The maximum atomic E-state index is 5.64. The normalized spacial score (nSPS) is 10.2. The van der Waals surface area contributed by atoms with E-state index in [1.807, 2.05) is 6.07 Å². The van der Waals surface area contributed by atoms with Crippen molar-refractivity contribution in [2.45, 2.75) is 33.2 Å². The molecule has 0 amide bonds. The van der Waals surface area contributed by atoms with Gasteiger partial charge in [-0.25, -0.2) is 0 Å². The molecule has 2 nitrogen and oxygen atoms in total. The zero-order valence-corrected chi connectivity index (χ0v) is 9.05. The zero-order valence-electron chi connectivity index (χ0n) is 9.05. The molecule has 0 aliphatic heterocycles. The molecule has 2 N–H and O–H groups in total. The first-order chi connectivity index (χ1) is 6.77. The minimum atomic E-state index is 0.545. The van der Waals surface area contributed by atoms with Crippen LogP contribution in [0.1, 0.15) is 30.9 Å². The van der Waals surface area contributed by atoms with Crippen LogP contribution in [-0.2, 0) is 6.54 Å². The Bertz CT molecular complexity index is 284. The smallest absolute Gasteiger partial charge is 0.123 e. The fraction of sp³-hybridized carbons (Fsp3) is 0.500. The molecule has 0 aliphatic carbocycles. The molecular formula is C12H19NO. The molecule has 0 unspecified atom stereocenters. The molecule has 14 heavy (non-hydrogen) atoms. The van der Waals surface area contributed by atoms with Crippen LogP contribution in [0.25, 0.3) is 0 Å². The summed E-state index contributed by atoms with van der Waals surface area (Å²) in [5.74, 6) is 0.937. The second-order valence-corrected chi connectivity index (χ2v) is 3.52. The van der Waals surface area contributed by atoms with Crippen molar-refractivity contribution >= 4 is 0 Å². The number of hydrogen-bond acceptors (Lipinski definition) is 2. The Kier molecular flexibility index (Phi) is 4.47. The second kappa shape index (κ2) is 5.66. The van der Waals surface area contributed by atoms with Gasteiger partial charge in [-0.2, -0.15) is 0 Å². The van der Waals surface area contributed by atoms with Crippen molar-refractivity contribution in [2.24, 2.45) is 5.73 Å². The van der Waals surface area contributed by atoms with E-state index < -0.39 is 0 Å². The minimum Gasteiger partial charge on any atom is -0.493 e. The summed E-state index contributed by atoms with van der Waals surface area (Å²) in [6.07, 6.45) is 2.25. The summed E-state index contributed by atoms with van der Waals surface area (Å²) in [4.78, 5) is 0. The van der Waals surface area contributed by atoms with Gasteiger partial charge in [0, 0.05) is 12.1 Å². The Hall–Kier alpha value is -1.02. The topological polar surface area (TPSA) is 35.2 Å². The van der Waals surface area contributed by atoms with Crippen molar-refractivity contribution < 1.29 is 4.74 Å². The van der Waals surface area contributed by atoms with E-state index in [4.69, 9.17) is 10.5 Å². The SMILES string of the molecule is CCCCOc1ccc(C)cc1CN. The van der Waals surface area contributed by atoms with Crippen molar-refractivity contribution in [3.8, 4) is 5.75 Å². The predicted molar refractivity (Wildman–Crippen MR) is 59.5 cm³/mol. The van der Waals surface area contributed by atoms with Crippen LogP contribution in [-0.4, -0.2) is 6.61 Å². The molecule has 0 aromatic heterocycles. The van der Waals surface area contributed by atoms with Crippen LogP contribution in [0.3, 0.4) is 0 Å². The van der Waals surface area contributed by atoms with Gasteiger partial charge >= 0.3 is 0 Å². The fourth-order valence-electron chi connectivity index (χ4n) is 1.34. The average Bonchev–Trinajstić information content (AvgIpc) is 2.20. The van der Waals surface area contributed by atoms with Crippen molar-refractivity contribution in [3.63, 3.8) is 0 Å². The summed E-state index contributed by atoms with van der Waals surface area (Å²) in [5.41, 5.74) is 7.97. The predicted octanol–water partition coefficient (Wildman–Crippen LogP) is 2.63. The number of hydrogen-bond donors (Lipinski definition) is 1. The van der Waals surface area contributed by atoms with E-state index in [9.17, 15) is 0 Å². The largest absolute Gasteiger partial charge is 0.493 e. The molecule has 0 atom stereocenters. The van der Waals surface area contributed by atoms with Crippen LogP contribution in [0.15, 0.2) is 18.2 Å². The van der Waals surface area contributed by atoms with Gasteiger partial charge in [0.1, 0.15) is 5.75 Å². The number of ether oxygens (including phenoxy) is 1. The minimum absolute atomic E-state index is 0.545. The first-order valence-corrected chi connectivity index (χ1v) is 5.20. The van der Waals surface area contributed by atoms with Crippen LogP contribution in [0.4, 0.5) is 0 Å². The van der Waals surface area contributed by atoms with E-state index >= 15 is 0 Å². The molecule has 1 rings (SSSR count). The Morgan fingerprint density at radius 2 is 2.14 bits per heavy atom. The summed E-state index contributed by atoms with van der Waals surface area (Å²) in [5, 5.41) is 0. The molecule has 0 heterocycles. The second-order valence-electron chi connectivity index (χ2n) is 3.52. The van der Waals surface area contributed by atoms with Gasteiger partial charge in [-0.05, 0) is 19.4 Å². The van der Waals surface area contributed by atoms with Gasteiger partial charge < -0.3 is 10.5 Å². The van der Waals surface area contributed by atoms with Crippen LogP contribution >= 0.6 is 0 Å². The molecule has 2 heteroatoms. The molecule has 0 radical (unpaired) electrons. The third kappa shape index (κ3) is 3.04. The fourth-order valence-corrected chi connectivity index (χ4v) is 1.34. The summed E-state index contributed by atoms with van der Waals surface area (Å²) in [7, 11) is 0. The van der Waals surface area contributed by atoms with Gasteiger partial charge in [0.15, 0.2) is 0 Å². The van der Waals surface area contributed by atoms with Crippen molar-refractivity contribution in [1.29, 1.82) is 0 Å².